The van der Waals surface area contributed by atoms with Crippen LogP contribution in [0.4, 0.5) is 0 Å². The van der Waals surface area contributed by atoms with Crippen molar-refractivity contribution in [2.75, 3.05) is 26.7 Å². The average molecular weight is 228 g/mol. The Morgan fingerprint density at radius 2 is 2.19 bits per heavy atom. The summed E-state index contributed by atoms with van der Waals surface area (Å²) >= 11 is 0. The first-order valence-corrected chi connectivity index (χ1v) is 6.73. The minimum Gasteiger partial charge on any atom is -0.394 e. The highest BCUT2D eigenvalue weighted by molar-refractivity contribution is 4.95. The molecule has 0 spiro atoms. The second-order valence-corrected chi connectivity index (χ2v) is 5.19. The maximum Gasteiger partial charge on any atom is 0.0613 e. The third-order valence-electron chi connectivity index (χ3n) is 3.99. The Balaban J connectivity index is 2.57. The lowest BCUT2D eigenvalue weighted by molar-refractivity contribution is 0.0716. The molecule has 16 heavy (non-hydrogen) atoms. The molecule has 96 valence electrons. The van der Waals surface area contributed by atoms with Gasteiger partial charge in [-0.3, -0.25) is 0 Å². The van der Waals surface area contributed by atoms with Crippen LogP contribution in [0.25, 0.3) is 0 Å². The summed E-state index contributed by atoms with van der Waals surface area (Å²) in [6.07, 6.45) is 5.85. The van der Waals surface area contributed by atoms with Gasteiger partial charge in [-0.2, -0.15) is 0 Å². The van der Waals surface area contributed by atoms with Crippen LogP contribution >= 0.6 is 0 Å². The van der Waals surface area contributed by atoms with E-state index in [4.69, 9.17) is 0 Å². The third-order valence-corrected chi connectivity index (χ3v) is 3.99. The first-order chi connectivity index (χ1) is 7.67. The quantitative estimate of drug-likeness (QED) is 0.725. The van der Waals surface area contributed by atoms with E-state index >= 15 is 0 Å². The number of hydrogen-bond acceptors (Lipinski definition) is 3. The molecule has 1 fully saturated rings. The van der Waals surface area contributed by atoms with E-state index in [1.807, 2.05) is 0 Å². The molecule has 0 aromatic carbocycles. The number of aliphatic hydroxyl groups is 1. The standard InChI is InChI=1S/C13H28N2O/c1-4-9-14-13(11-16)8-6-7-12(10-13)15(3)5-2/h12,14,16H,4-11H2,1-3H3. The van der Waals surface area contributed by atoms with Gasteiger partial charge in [0, 0.05) is 11.6 Å². The summed E-state index contributed by atoms with van der Waals surface area (Å²) in [4.78, 5) is 2.41. The van der Waals surface area contributed by atoms with Gasteiger partial charge in [-0.15, -0.1) is 0 Å². The Hall–Kier alpha value is -0.120. The number of aliphatic hydroxyl groups excluding tert-OH is 1. The Bertz CT molecular complexity index is 198. The minimum absolute atomic E-state index is 0.0116. The second kappa shape index (κ2) is 6.58. The van der Waals surface area contributed by atoms with E-state index in [2.05, 4.69) is 31.1 Å². The second-order valence-electron chi connectivity index (χ2n) is 5.19. The summed E-state index contributed by atoms with van der Waals surface area (Å²) in [5.41, 5.74) is -0.0116. The average Bonchev–Trinajstić information content (AvgIpc) is 2.35. The zero-order chi connectivity index (χ0) is 12.0. The third kappa shape index (κ3) is 3.44. The van der Waals surface area contributed by atoms with Gasteiger partial charge in [-0.05, 0) is 52.2 Å². The van der Waals surface area contributed by atoms with Gasteiger partial charge >= 0.3 is 0 Å². The van der Waals surface area contributed by atoms with E-state index < -0.39 is 0 Å². The van der Waals surface area contributed by atoms with E-state index in [-0.39, 0.29) is 12.1 Å². The first kappa shape index (κ1) is 13.9. The van der Waals surface area contributed by atoms with Crippen LogP contribution in [-0.2, 0) is 0 Å². The Labute approximate surface area is 100 Å². The Kier molecular flexibility index (Phi) is 5.73. The van der Waals surface area contributed by atoms with Gasteiger partial charge in [0.1, 0.15) is 0 Å². The van der Waals surface area contributed by atoms with Crippen LogP contribution in [-0.4, -0.2) is 48.3 Å². The molecule has 2 atom stereocenters. The fourth-order valence-electron chi connectivity index (χ4n) is 2.72. The van der Waals surface area contributed by atoms with Crippen LogP contribution < -0.4 is 5.32 Å². The highest BCUT2D eigenvalue weighted by Gasteiger charge is 2.36. The molecule has 0 amide bonds. The molecule has 2 unspecified atom stereocenters. The van der Waals surface area contributed by atoms with Crippen molar-refractivity contribution in [1.29, 1.82) is 0 Å². The topological polar surface area (TPSA) is 35.5 Å². The molecule has 0 heterocycles. The summed E-state index contributed by atoms with van der Waals surface area (Å²) in [6, 6.07) is 0.634. The van der Waals surface area contributed by atoms with Gasteiger partial charge in [0.05, 0.1) is 6.61 Å². The summed E-state index contributed by atoms with van der Waals surface area (Å²) in [7, 11) is 2.19. The van der Waals surface area contributed by atoms with E-state index in [9.17, 15) is 5.11 Å². The highest BCUT2D eigenvalue weighted by Crippen LogP contribution is 2.30. The molecule has 1 aliphatic carbocycles. The van der Waals surface area contributed by atoms with Crippen molar-refractivity contribution in [3.8, 4) is 0 Å². The fraction of sp³-hybridized carbons (Fsp3) is 1.00. The van der Waals surface area contributed by atoms with Crippen LogP contribution in [0.5, 0.6) is 0 Å². The van der Waals surface area contributed by atoms with Crippen molar-refractivity contribution in [2.45, 2.75) is 57.5 Å². The smallest absolute Gasteiger partial charge is 0.0613 e. The van der Waals surface area contributed by atoms with Crippen molar-refractivity contribution in [3.05, 3.63) is 0 Å². The van der Waals surface area contributed by atoms with Crippen LogP contribution in [0.1, 0.15) is 46.0 Å². The van der Waals surface area contributed by atoms with Crippen LogP contribution in [0.15, 0.2) is 0 Å². The van der Waals surface area contributed by atoms with Crippen LogP contribution in [0.3, 0.4) is 0 Å². The van der Waals surface area contributed by atoms with Crippen molar-refractivity contribution < 1.29 is 5.11 Å². The van der Waals surface area contributed by atoms with Crippen molar-refractivity contribution in [3.63, 3.8) is 0 Å². The molecule has 1 rings (SSSR count). The summed E-state index contributed by atoms with van der Waals surface area (Å²) in [5, 5.41) is 13.2. The predicted octanol–water partition coefficient (Wildman–Crippen LogP) is 1.61. The van der Waals surface area contributed by atoms with Crippen molar-refractivity contribution in [1.82, 2.24) is 10.2 Å². The van der Waals surface area contributed by atoms with Crippen LogP contribution in [0.2, 0.25) is 0 Å². The summed E-state index contributed by atoms with van der Waals surface area (Å²) in [6.45, 7) is 6.77. The van der Waals surface area contributed by atoms with Gasteiger partial charge in [0.15, 0.2) is 0 Å². The number of nitrogens with zero attached hydrogens (tertiary/aromatic N) is 1. The zero-order valence-corrected chi connectivity index (χ0v) is 11.1. The van der Waals surface area contributed by atoms with E-state index in [1.165, 1.54) is 12.8 Å². The number of nitrogens with one attached hydrogen (secondary N) is 1. The molecule has 3 heteroatoms. The van der Waals surface area contributed by atoms with E-state index in [0.29, 0.717) is 6.04 Å². The molecule has 0 saturated heterocycles. The van der Waals surface area contributed by atoms with Gasteiger partial charge in [0.25, 0.3) is 0 Å². The lowest BCUT2D eigenvalue weighted by atomic mass is 9.79. The fourth-order valence-corrected chi connectivity index (χ4v) is 2.72. The van der Waals surface area contributed by atoms with Crippen molar-refractivity contribution in [2.24, 2.45) is 0 Å². The van der Waals surface area contributed by atoms with Gasteiger partial charge in [-0.1, -0.05) is 13.8 Å². The molecule has 0 aromatic rings. The van der Waals surface area contributed by atoms with E-state index in [1.54, 1.807) is 0 Å². The predicted molar refractivity (Wildman–Crippen MR) is 68.7 cm³/mol. The molecular weight excluding hydrogens is 200 g/mol. The zero-order valence-electron chi connectivity index (χ0n) is 11.1. The Morgan fingerprint density at radius 1 is 1.44 bits per heavy atom. The SMILES string of the molecule is CCCNC1(CO)CCCC(N(C)CC)C1. The van der Waals surface area contributed by atoms with Crippen LogP contribution in [0, 0.1) is 0 Å². The summed E-state index contributed by atoms with van der Waals surface area (Å²) < 4.78 is 0. The van der Waals surface area contributed by atoms with Crippen molar-refractivity contribution >= 4 is 0 Å². The molecule has 0 radical (unpaired) electrons. The molecule has 3 nitrogen and oxygen atoms in total. The van der Waals surface area contributed by atoms with Gasteiger partial charge in [0.2, 0.25) is 0 Å². The lowest BCUT2D eigenvalue weighted by Crippen LogP contribution is -2.55. The number of hydrogen-bond donors (Lipinski definition) is 2. The van der Waals surface area contributed by atoms with Gasteiger partial charge < -0.3 is 15.3 Å². The molecule has 1 saturated carbocycles. The maximum atomic E-state index is 9.66. The molecular formula is C13H28N2O. The largest absolute Gasteiger partial charge is 0.394 e. The maximum absolute atomic E-state index is 9.66. The van der Waals surface area contributed by atoms with E-state index in [0.717, 1.165) is 32.4 Å². The lowest BCUT2D eigenvalue weighted by Gasteiger charge is -2.43. The first-order valence-electron chi connectivity index (χ1n) is 6.73. The molecule has 0 bridgehead atoms. The molecule has 0 aromatic heterocycles. The molecule has 2 N–H and O–H groups in total. The monoisotopic (exact) mass is 228 g/mol. The summed E-state index contributed by atoms with van der Waals surface area (Å²) in [5.74, 6) is 0. The van der Waals surface area contributed by atoms with Gasteiger partial charge in [-0.25, -0.2) is 0 Å². The minimum atomic E-state index is -0.0116. The molecule has 0 aliphatic heterocycles. The highest BCUT2D eigenvalue weighted by atomic mass is 16.3. The number of rotatable bonds is 6. The molecule has 1 aliphatic rings. The Morgan fingerprint density at radius 3 is 2.75 bits per heavy atom. The normalized spacial score (nSPS) is 30.9.